The van der Waals surface area contributed by atoms with Gasteiger partial charge in [-0.1, -0.05) is 23.2 Å². The van der Waals surface area contributed by atoms with Gasteiger partial charge in [-0.3, -0.25) is 4.79 Å². The number of amides is 1. The molecule has 1 aromatic rings. The Kier molecular flexibility index (Phi) is 4.17. The summed E-state index contributed by atoms with van der Waals surface area (Å²) < 4.78 is 0. The van der Waals surface area contributed by atoms with Crippen LogP contribution in [0.15, 0.2) is 18.2 Å². The predicted molar refractivity (Wildman–Crippen MR) is 63.6 cm³/mol. The summed E-state index contributed by atoms with van der Waals surface area (Å²) in [5, 5.41) is 9.48. The highest BCUT2D eigenvalue weighted by Crippen LogP contribution is 2.22. The fourth-order valence-corrected chi connectivity index (χ4v) is 1.48. The number of hydrogen-bond acceptors (Lipinski definition) is 2. The van der Waals surface area contributed by atoms with Crippen LogP contribution in [0, 0.1) is 11.3 Å². The summed E-state index contributed by atoms with van der Waals surface area (Å²) in [6, 6.07) is 6.12. The molecule has 84 valence electrons. The van der Waals surface area contributed by atoms with Gasteiger partial charge in [0.2, 0.25) is 0 Å². The van der Waals surface area contributed by atoms with Crippen LogP contribution in [0.2, 0.25) is 10.0 Å². The molecule has 1 rings (SSSR count). The molecule has 0 fully saturated rings. The predicted octanol–water partition coefficient (Wildman–Crippen LogP) is 2.98. The number of nitriles is 1. The largest absolute Gasteiger partial charge is 0.326 e. The molecule has 0 saturated carbocycles. The van der Waals surface area contributed by atoms with E-state index in [1.807, 2.05) is 6.07 Å². The van der Waals surface area contributed by atoms with Crippen molar-refractivity contribution in [3.8, 4) is 6.07 Å². The van der Waals surface area contributed by atoms with E-state index in [-0.39, 0.29) is 5.91 Å². The number of nitrogens with zero attached hydrogens (tertiary/aromatic N) is 2. The molecule has 0 saturated heterocycles. The molecule has 1 atom stereocenters. The van der Waals surface area contributed by atoms with Crippen molar-refractivity contribution in [2.45, 2.75) is 13.0 Å². The number of rotatable bonds is 2. The average Bonchev–Trinajstić information content (AvgIpc) is 2.29. The summed E-state index contributed by atoms with van der Waals surface area (Å²) in [4.78, 5) is 13.3. The minimum Gasteiger partial charge on any atom is -0.326 e. The van der Waals surface area contributed by atoms with E-state index < -0.39 is 6.04 Å². The summed E-state index contributed by atoms with van der Waals surface area (Å²) in [5.74, 6) is -0.318. The lowest BCUT2D eigenvalue weighted by molar-refractivity contribution is 0.0773. The smallest absolute Gasteiger partial charge is 0.256 e. The van der Waals surface area contributed by atoms with E-state index in [4.69, 9.17) is 28.5 Å². The highest BCUT2D eigenvalue weighted by atomic mass is 35.5. The third-order valence-electron chi connectivity index (χ3n) is 2.25. The highest BCUT2D eigenvalue weighted by Gasteiger charge is 2.19. The fraction of sp³-hybridized carbons (Fsp3) is 0.273. The molecule has 1 amide bonds. The number of carbonyl (C=O) groups excluding carboxylic acids is 1. The lowest BCUT2D eigenvalue weighted by atomic mass is 10.2. The van der Waals surface area contributed by atoms with Gasteiger partial charge >= 0.3 is 0 Å². The van der Waals surface area contributed by atoms with Gasteiger partial charge in [-0.25, -0.2) is 0 Å². The zero-order valence-electron chi connectivity index (χ0n) is 8.87. The number of carbonyl (C=O) groups is 1. The Bertz CT molecular complexity index is 454. The Morgan fingerprint density at radius 3 is 2.69 bits per heavy atom. The first kappa shape index (κ1) is 12.8. The maximum absolute atomic E-state index is 11.9. The van der Waals surface area contributed by atoms with Crippen LogP contribution in [0.1, 0.15) is 17.3 Å². The second-order valence-corrected chi connectivity index (χ2v) is 4.19. The molecule has 0 radical (unpaired) electrons. The molecule has 0 aliphatic carbocycles. The van der Waals surface area contributed by atoms with Crippen LogP contribution in [-0.4, -0.2) is 23.9 Å². The first-order chi connectivity index (χ1) is 7.47. The van der Waals surface area contributed by atoms with E-state index in [1.54, 1.807) is 26.1 Å². The fourth-order valence-electron chi connectivity index (χ4n) is 1.11. The van der Waals surface area contributed by atoms with Crippen molar-refractivity contribution in [3.05, 3.63) is 33.8 Å². The second-order valence-electron chi connectivity index (χ2n) is 3.35. The van der Waals surface area contributed by atoms with E-state index >= 15 is 0 Å². The lowest BCUT2D eigenvalue weighted by Crippen LogP contribution is -2.34. The average molecular weight is 257 g/mol. The van der Waals surface area contributed by atoms with Crippen molar-refractivity contribution < 1.29 is 4.79 Å². The van der Waals surface area contributed by atoms with Crippen LogP contribution >= 0.6 is 23.2 Å². The summed E-state index contributed by atoms with van der Waals surface area (Å²) in [5.41, 5.74) is 0.304. The van der Waals surface area contributed by atoms with Crippen molar-refractivity contribution >= 4 is 29.1 Å². The van der Waals surface area contributed by atoms with Crippen molar-refractivity contribution in [3.63, 3.8) is 0 Å². The van der Waals surface area contributed by atoms with Gasteiger partial charge in [0, 0.05) is 12.1 Å². The van der Waals surface area contributed by atoms with Crippen LogP contribution in [-0.2, 0) is 0 Å². The van der Waals surface area contributed by atoms with Gasteiger partial charge in [0.25, 0.3) is 5.91 Å². The van der Waals surface area contributed by atoms with Crippen molar-refractivity contribution in [1.82, 2.24) is 4.90 Å². The van der Waals surface area contributed by atoms with Gasteiger partial charge in [-0.2, -0.15) is 5.26 Å². The standard InChI is InChI=1S/C11H10Cl2N2O/c1-7(6-14)15(2)11(16)9-5-8(12)3-4-10(9)13/h3-5,7H,1-2H3. The van der Waals surface area contributed by atoms with Gasteiger partial charge < -0.3 is 4.90 Å². The molecule has 0 aromatic heterocycles. The molecule has 16 heavy (non-hydrogen) atoms. The summed E-state index contributed by atoms with van der Waals surface area (Å²) >= 11 is 11.7. The quantitative estimate of drug-likeness (QED) is 0.817. The Balaban J connectivity index is 3.06. The molecule has 5 heteroatoms. The van der Waals surface area contributed by atoms with Gasteiger partial charge in [0.05, 0.1) is 16.7 Å². The number of benzene rings is 1. The minimum absolute atomic E-state index is 0.304. The molecular weight excluding hydrogens is 247 g/mol. The molecule has 0 heterocycles. The third kappa shape index (κ3) is 2.66. The number of hydrogen-bond donors (Lipinski definition) is 0. The van der Waals surface area contributed by atoms with Crippen LogP contribution in [0.3, 0.4) is 0 Å². The Labute approximate surface area is 104 Å². The maximum atomic E-state index is 11.9. The topological polar surface area (TPSA) is 44.1 Å². The van der Waals surface area contributed by atoms with E-state index in [1.165, 1.54) is 11.0 Å². The van der Waals surface area contributed by atoms with Crippen LogP contribution in [0.25, 0.3) is 0 Å². The van der Waals surface area contributed by atoms with Crippen LogP contribution in [0.4, 0.5) is 0 Å². The Hall–Kier alpha value is -1.24. The monoisotopic (exact) mass is 256 g/mol. The third-order valence-corrected chi connectivity index (χ3v) is 2.81. The van der Waals surface area contributed by atoms with Crippen molar-refractivity contribution in [2.75, 3.05) is 7.05 Å². The molecule has 0 aliphatic rings. The van der Waals surface area contributed by atoms with E-state index in [0.29, 0.717) is 15.6 Å². The molecular formula is C11H10Cl2N2O. The minimum atomic E-state index is -0.512. The van der Waals surface area contributed by atoms with Crippen molar-refractivity contribution in [1.29, 1.82) is 5.26 Å². The number of halogens is 2. The lowest BCUT2D eigenvalue weighted by Gasteiger charge is -2.20. The van der Waals surface area contributed by atoms with E-state index in [2.05, 4.69) is 0 Å². The molecule has 0 aliphatic heterocycles. The normalized spacial score (nSPS) is 11.7. The molecule has 0 spiro atoms. The second kappa shape index (κ2) is 5.20. The van der Waals surface area contributed by atoms with Crippen LogP contribution in [0.5, 0.6) is 0 Å². The van der Waals surface area contributed by atoms with Gasteiger partial charge in [-0.15, -0.1) is 0 Å². The zero-order chi connectivity index (χ0) is 12.3. The Morgan fingerprint density at radius 1 is 1.50 bits per heavy atom. The first-order valence-corrected chi connectivity index (χ1v) is 5.34. The summed E-state index contributed by atoms with van der Waals surface area (Å²) in [7, 11) is 1.55. The highest BCUT2D eigenvalue weighted by molar-refractivity contribution is 6.35. The van der Waals surface area contributed by atoms with Gasteiger partial charge in [0.1, 0.15) is 6.04 Å². The Morgan fingerprint density at radius 2 is 2.12 bits per heavy atom. The summed E-state index contributed by atoms with van der Waals surface area (Å²) in [6.45, 7) is 1.64. The maximum Gasteiger partial charge on any atom is 0.256 e. The van der Waals surface area contributed by atoms with E-state index in [0.717, 1.165) is 0 Å². The molecule has 1 unspecified atom stereocenters. The molecule has 0 bridgehead atoms. The van der Waals surface area contributed by atoms with E-state index in [9.17, 15) is 4.79 Å². The molecule has 3 nitrogen and oxygen atoms in total. The molecule has 1 aromatic carbocycles. The summed E-state index contributed by atoms with van der Waals surface area (Å²) in [6.07, 6.45) is 0. The van der Waals surface area contributed by atoms with Crippen LogP contribution < -0.4 is 0 Å². The van der Waals surface area contributed by atoms with Gasteiger partial charge in [0.15, 0.2) is 0 Å². The zero-order valence-corrected chi connectivity index (χ0v) is 10.4. The SMILES string of the molecule is CC(C#N)N(C)C(=O)c1cc(Cl)ccc1Cl. The molecule has 0 N–H and O–H groups in total. The van der Waals surface area contributed by atoms with Gasteiger partial charge in [-0.05, 0) is 25.1 Å². The van der Waals surface area contributed by atoms with Crippen molar-refractivity contribution in [2.24, 2.45) is 0 Å². The first-order valence-electron chi connectivity index (χ1n) is 4.59.